The molecule has 2 aromatic rings. The van der Waals surface area contributed by atoms with E-state index in [0.29, 0.717) is 23.5 Å². The zero-order valence-electron chi connectivity index (χ0n) is 9.00. The van der Waals surface area contributed by atoms with Crippen molar-refractivity contribution in [3.63, 3.8) is 0 Å². The Balaban J connectivity index is 2.30. The van der Waals surface area contributed by atoms with Crippen molar-refractivity contribution >= 4 is 5.69 Å². The van der Waals surface area contributed by atoms with Gasteiger partial charge in [-0.05, 0) is 12.5 Å². The molecule has 0 aliphatic heterocycles. The largest absolute Gasteiger partial charge is 0.519 e. The highest BCUT2D eigenvalue weighted by molar-refractivity contribution is 5.35. The SMILES string of the molecule is Cc1oc(=O)oc1Cc1cccc([N+](=O)[O-])c1. The fraction of sp³-hybridized carbons (Fsp3) is 0.182. The van der Waals surface area contributed by atoms with Gasteiger partial charge in [0.15, 0.2) is 5.76 Å². The van der Waals surface area contributed by atoms with Crippen LogP contribution in [0.3, 0.4) is 0 Å². The molecule has 0 aliphatic rings. The number of hydrogen-bond acceptors (Lipinski definition) is 5. The highest BCUT2D eigenvalue weighted by Crippen LogP contribution is 2.17. The minimum absolute atomic E-state index is 0.00555. The molecule has 0 atom stereocenters. The van der Waals surface area contributed by atoms with Crippen LogP contribution < -0.4 is 5.82 Å². The van der Waals surface area contributed by atoms with Gasteiger partial charge in [0.05, 0.1) is 4.92 Å². The van der Waals surface area contributed by atoms with Crippen LogP contribution in [0.2, 0.25) is 0 Å². The lowest BCUT2D eigenvalue weighted by molar-refractivity contribution is -0.384. The smallest absolute Gasteiger partial charge is 0.396 e. The highest BCUT2D eigenvalue weighted by atomic mass is 16.6. The van der Waals surface area contributed by atoms with Crippen LogP contribution in [0.4, 0.5) is 5.69 Å². The van der Waals surface area contributed by atoms with E-state index in [4.69, 9.17) is 8.83 Å². The van der Waals surface area contributed by atoms with E-state index in [9.17, 15) is 14.9 Å². The summed E-state index contributed by atoms with van der Waals surface area (Å²) in [5.41, 5.74) is 0.692. The molecule has 0 unspecified atom stereocenters. The van der Waals surface area contributed by atoms with Gasteiger partial charge in [-0.25, -0.2) is 4.79 Å². The van der Waals surface area contributed by atoms with Gasteiger partial charge in [-0.3, -0.25) is 10.1 Å². The van der Waals surface area contributed by atoms with Gasteiger partial charge in [0, 0.05) is 18.6 Å². The van der Waals surface area contributed by atoms with Crippen molar-refractivity contribution in [2.24, 2.45) is 0 Å². The molecule has 2 rings (SSSR count). The van der Waals surface area contributed by atoms with E-state index in [2.05, 4.69) is 0 Å². The maximum absolute atomic E-state index is 10.8. The van der Waals surface area contributed by atoms with Crippen molar-refractivity contribution in [1.82, 2.24) is 0 Å². The van der Waals surface area contributed by atoms with Crippen molar-refractivity contribution in [1.29, 1.82) is 0 Å². The van der Waals surface area contributed by atoms with Gasteiger partial charge in [-0.15, -0.1) is 0 Å². The summed E-state index contributed by atoms with van der Waals surface area (Å²) >= 11 is 0. The Kier molecular flexibility index (Phi) is 2.78. The number of benzene rings is 1. The number of hydrogen-bond donors (Lipinski definition) is 0. The van der Waals surface area contributed by atoms with Gasteiger partial charge in [-0.2, -0.15) is 0 Å². The van der Waals surface area contributed by atoms with Crippen LogP contribution in [0, 0.1) is 17.0 Å². The summed E-state index contributed by atoms with van der Waals surface area (Å²) in [6.07, 6.45) is 0.291. The summed E-state index contributed by atoms with van der Waals surface area (Å²) in [5, 5.41) is 10.6. The molecule has 0 saturated carbocycles. The van der Waals surface area contributed by atoms with Crippen LogP contribution in [0.1, 0.15) is 17.1 Å². The molecule has 1 aromatic carbocycles. The molecular formula is C11H9NO5. The summed E-state index contributed by atoms with van der Waals surface area (Å²) in [6, 6.07) is 6.15. The van der Waals surface area contributed by atoms with Crippen molar-refractivity contribution in [3.8, 4) is 0 Å². The molecule has 0 bridgehead atoms. The lowest BCUT2D eigenvalue weighted by atomic mass is 10.1. The second-order valence-corrected chi connectivity index (χ2v) is 3.54. The molecule has 0 aliphatic carbocycles. The summed E-state index contributed by atoms with van der Waals surface area (Å²) < 4.78 is 9.53. The number of rotatable bonds is 3. The van der Waals surface area contributed by atoms with E-state index in [1.54, 1.807) is 19.1 Å². The molecule has 6 nitrogen and oxygen atoms in total. The fourth-order valence-electron chi connectivity index (χ4n) is 1.50. The average molecular weight is 235 g/mol. The quantitative estimate of drug-likeness (QED) is 0.600. The topological polar surface area (TPSA) is 86.5 Å². The molecular weight excluding hydrogens is 226 g/mol. The van der Waals surface area contributed by atoms with Crippen LogP contribution in [-0.2, 0) is 6.42 Å². The summed E-state index contributed by atoms with van der Waals surface area (Å²) in [7, 11) is 0. The van der Waals surface area contributed by atoms with Crippen molar-refractivity contribution in [2.45, 2.75) is 13.3 Å². The van der Waals surface area contributed by atoms with E-state index >= 15 is 0 Å². The summed E-state index contributed by atoms with van der Waals surface area (Å²) in [6.45, 7) is 1.61. The molecule has 0 radical (unpaired) electrons. The Labute approximate surface area is 95.6 Å². The Morgan fingerprint density at radius 2 is 2.12 bits per heavy atom. The van der Waals surface area contributed by atoms with Crippen LogP contribution in [-0.4, -0.2) is 4.92 Å². The third-order valence-electron chi connectivity index (χ3n) is 2.32. The molecule has 1 aromatic heterocycles. The molecule has 1 heterocycles. The van der Waals surface area contributed by atoms with Crippen LogP contribution in [0.5, 0.6) is 0 Å². The molecule has 17 heavy (non-hydrogen) atoms. The molecule has 0 amide bonds. The molecule has 0 fully saturated rings. The summed E-state index contributed by atoms with van der Waals surface area (Å²) in [5.74, 6) is 0.0138. The molecule has 0 N–H and O–H groups in total. The lowest BCUT2D eigenvalue weighted by Crippen LogP contribution is -1.92. The number of nitro groups is 1. The minimum atomic E-state index is -0.761. The molecule has 6 heteroatoms. The molecule has 0 saturated heterocycles. The second-order valence-electron chi connectivity index (χ2n) is 3.54. The van der Waals surface area contributed by atoms with E-state index < -0.39 is 10.7 Å². The first-order valence-corrected chi connectivity index (χ1v) is 4.89. The zero-order chi connectivity index (χ0) is 12.4. The van der Waals surface area contributed by atoms with Crippen molar-refractivity contribution in [2.75, 3.05) is 0 Å². The lowest BCUT2D eigenvalue weighted by Gasteiger charge is -1.98. The fourth-order valence-corrected chi connectivity index (χ4v) is 1.50. The molecule has 88 valence electrons. The third-order valence-corrected chi connectivity index (χ3v) is 2.32. The van der Waals surface area contributed by atoms with E-state index in [0.717, 1.165) is 0 Å². The first kappa shape index (κ1) is 11.1. The number of nitrogens with zero attached hydrogens (tertiary/aromatic N) is 1. The molecule has 0 spiro atoms. The number of nitro benzene ring substituents is 1. The maximum atomic E-state index is 10.8. The normalized spacial score (nSPS) is 10.4. The number of non-ortho nitro benzene ring substituents is 1. The van der Waals surface area contributed by atoms with E-state index in [1.807, 2.05) is 0 Å². The van der Waals surface area contributed by atoms with Gasteiger partial charge in [-0.1, -0.05) is 12.1 Å². The summed E-state index contributed by atoms with van der Waals surface area (Å²) in [4.78, 5) is 21.0. The Morgan fingerprint density at radius 3 is 2.71 bits per heavy atom. The number of aryl methyl sites for hydroxylation is 1. The van der Waals surface area contributed by atoms with E-state index in [-0.39, 0.29) is 5.69 Å². The van der Waals surface area contributed by atoms with Gasteiger partial charge in [0.2, 0.25) is 0 Å². The van der Waals surface area contributed by atoms with Crippen LogP contribution >= 0.6 is 0 Å². The van der Waals surface area contributed by atoms with Crippen molar-refractivity contribution in [3.05, 3.63) is 62.1 Å². The second kappa shape index (κ2) is 4.25. The Hall–Kier alpha value is -2.37. The predicted octanol–water partition coefficient (Wildman–Crippen LogP) is 2.04. The Bertz CT molecular complexity index is 610. The Morgan fingerprint density at radius 1 is 1.35 bits per heavy atom. The van der Waals surface area contributed by atoms with Crippen molar-refractivity contribution < 1.29 is 13.8 Å². The zero-order valence-corrected chi connectivity index (χ0v) is 9.00. The third kappa shape index (κ3) is 2.41. The predicted molar refractivity (Wildman–Crippen MR) is 57.9 cm³/mol. The first-order valence-electron chi connectivity index (χ1n) is 4.89. The van der Waals surface area contributed by atoms with E-state index in [1.165, 1.54) is 12.1 Å². The highest BCUT2D eigenvalue weighted by Gasteiger charge is 2.11. The van der Waals surface area contributed by atoms with Gasteiger partial charge < -0.3 is 8.83 Å². The van der Waals surface area contributed by atoms with Crippen LogP contribution in [0.15, 0.2) is 37.9 Å². The van der Waals surface area contributed by atoms with Gasteiger partial charge >= 0.3 is 5.82 Å². The minimum Gasteiger partial charge on any atom is -0.396 e. The van der Waals surface area contributed by atoms with Crippen LogP contribution in [0.25, 0.3) is 0 Å². The maximum Gasteiger partial charge on any atom is 0.519 e. The van der Waals surface area contributed by atoms with Gasteiger partial charge in [0.1, 0.15) is 5.76 Å². The first-order chi connectivity index (χ1) is 8.06. The monoisotopic (exact) mass is 235 g/mol. The standard InChI is InChI=1S/C11H9NO5/c1-7-10(17-11(13)16-7)6-8-3-2-4-9(5-8)12(14)15/h2-5H,6H2,1H3. The average Bonchev–Trinajstić information content (AvgIpc) is 2.58. The van der Waals surface area contributed by atoms with Gasteiger partial charge in [0.25, 0.3) is 5.69 Å².